The summed E-state index contributed by atoms with van der Waals surface area (Å²) < 4.78 is 109. The molecule has 0 aromatic rings. The van der Waals surface area contributed by atoms with Crippen LogP contribution in [0.3, 0.4) is 0 Å². The van der Waals surface area contributed by atoms with Gasteiger partial charge in [0.1, 0.15) is 0 Å². The molecule has 0 aromatic carbocycles. The largest absolute Gasteiger partial charge is 0.513 e. The average molecular weight is 281 g/mol. The van der Waals surface area contributed by atoms with E-state index < -0.39 is 34.5 Å². The molecule has 0 aliphatic carbocycles. The van der Waals surface area contributed by atoms with E-state index in [1.807, 2.05) is 0 Å². The number of halogens is 6. The van der Waals surface area contributed by atoms with Crippen LogP contribution in [0.25, 0.3) is 0 Å². The summed E-state index contributed by atoms with van der Waals surface area (Å²) in [5.74, 6) is 0. The van der Waals surface area contributed by atoms with Gasteiger partial charge in [-0.1, -0.05) is 0 Å². The van der Waals surface area contributed by atoms with Crippen LogP contribution in [0.2, 0.25) is 0 Å². The van der Waals surface area contributed by atoms with Gasteiger partial charge in [0.25, 0.3) is 0 Å². The lowest BCUT2D eigenvalue weighted by molar-refractivity contribution is -0.137. The summed E-state index contributed by atoms with van der Waals surface area (Å²) in [5.41, 5.74) is -6.33. The van der Waals surface area contributed by atoms with Crippen molar-refractivity contribution in [3.63, 3.8) is 0 Å². The van der Waals surface area contributed by atoms with Gasteiger partial charge in [0.15, 0.2) is 0 Å². The lowest BCUT2D eigenvalue weighted by Gasteiger charge is -2.11. The van der Waals surface area contributed by atoms with Crippen molar-refractivity contribution in [3.05, 3.63) is 0 Å². The van der Waals surface area contributed by atoms with Gasteiger partial charge in [-0.3, -0.25) is 0 Å². The van der Waals surface area contributed by atoms with Gasteiger partial charge >= 0.3 is 29.7 Å². The van der Waals surface area contributed by atoms with Crippen LogP contribution in [-0.2, 0) is 17.9 Å². The molecule has 0 saturated heterocycles. The van der Waals surface area contributed by atoms with E-state index in [0.717, 1.165) is 0 Å². The minimum Gasteiger partial charge on any atom is -0.202 e. The summed E-state index contributed by atoms with van der Waals surface area (Å²) in [5, 5.41) is 0. The molecule has 0 spiro atoms. The van der Waals surface area contributed by atoms with Crippen molar-refractivity contribution in [2.24, 2.45) is 0 Å². The Hall–Kier alpha value is -0.560. The molecule has 0 atom stereocenters. The fourth-order valence-corrected chi connectivity index (χ4v) is 2.32. The van der Waals surface area contributed by atoms with E-state index in [9.17, 15) is 43.2 Å². The Morgan fingerprint density at radius 1 is 0.800 bits per heavy atom. The van der Waals surface area contributed by atoms with E-state index in [-0.39, 0.29) is 0 Å². The molecule has 15 heavy (non-hydrogen) atoms. The van der Waals surface area contributed by atoms with Crippen LogP contribution in [0.5, 0.6) is 0 Å². The molecule has 0 amide bonds. The van der Waals surface area contributed by atoms with Crippen LogP contribution in [0.1, 0.15) is 0 Å². The third kappa shape index (κ3) is 3.20. The molecule has 0 unspecified atom stereocenters. The van der Waals surface area contributed by atoms with E-state index in [1.165, 1.54) is 0 Å². The van der Waals surface area contributed by atoms with Gasteiger partial charge in [-0.25, -0.2) is 8.42 Å². The third-order valence-electron chi connectivity index (χ3n) is 0.813. The molecule has 13 heteroatoms. The van der Waals surface area contributed by atoms with Gasteiger partial charge in [0.05, 0.1) is 0 Å². The quantitative estimate of drug-likeness (QED) is 0.448. The van der Waals surface area contributed by atoms with Crippen LogP contribution >= 0.6 is 0 Å². The minimum atomic E-state index is -6.97. The van der Waals surface area contributed by atoms with E-state index in [4.69, 9.17) is 0 Å². The van der Waals surface area contributed by atoms with E-state index in [1.54, 1.807) is 0 Å². The van der Waals surface area contributed by atoms with Crippen LogP contribution in [-0.4, -0.2) is 28.6 Å². The molecule has 0 rings (SSSR count). The number of rotatable bonds is 2. The lowest BCUT2D eigenvalue weighted by atomic mass is 11.3. The molecule has 92 valence electrons. The van der Waals surface area contributed by atoms with Crippen LogP contribution < -0.4 is 4.72 Å². The lowest BCUT2D eigenvalue weighted by Crippen LogP contribution is -2.45. The predicted molar refractivity (Wildman–Crippen MR) is 33.1 cm³/mol. The highest BCUT2D eigenvalue weighted by atomic mass is 33.2. The van der Waals surface area contributed by atoms with Crippen molar-refractivity contribution in [2.45, 2.75) is 11.8 Å². The van der Waals surface area contributed by atoms with Crippen molar-refractivity contribution in [1.29, 1.82) is 0 Å². The molecule has 1 N–H and O–H groups in total. The predicted octanol–water partition coefficient (Wildman–Crippen LogP) is 0.275. The molecule has 0 radical (unpaired) electrons. The Morgan fingerprint density at radius 2 is 1.13 bits per heavy atom. The fourth-order valence-electron chi connectivity index (χ4n) is 0.321. The Balaban J connectivity index is 5.46. The molecule has 0 bridgehead atoms. The van der Waals surface area contributed by atoms with Gasteiger partial charge < -0.3 is 0 Å². The van der Waals surface area contributed by atoms with Crippen molar-refractivity contribution in [1.82, 2.24) is 4.72 Å². The Kier molecular flexibility index (Phi) is 3.35. The molecule has 0 aromatic heterocycles. The molecule has 0 aliphatic heterocycles. The smallest absolute Gasteiger partial charge is 0.202 e. The SMILES string of the molecule is O=S(=O)(NC(F)(F)F)S(=O)(=O)C(F)(F)F. The number of nitrogens with one attached hydrogen (secondary N) is 1. The van der Waals surface area contributed by atoms with Crippen molar-refractivity contribution < 1.29 is 43.2 Å². The maximum absolute atomic E-state index is 11.5. The zero-order valence-corrected chi connectivity index (χ0v) is 7.85. The normalized spacial score (nSPS) is 15.3. The average Bonchev–Trinajstić information content (AvgIpc) is 1.77. The number of hydrogen-bond acceptors (Lipinski definition) is 4. The summed E-state index contributed by atoms with van der Waals surface area (Å²) in [4.78, 5) is 0. The standard InChI is InChI=1S/C2HF6NO4S2/c3-1(4,5)9-15(12,13)14(10,11)2(6,7)8/h9H. The van der Waals surface area contributed by atoms with Gasteiger partial charge in [-0.2, -0.15) is 34.8 Å². The van der Waals surface area contributed by atoms with Crippen molar-refractivity contribution in [3.8, 4) is 0 Å². The van der Waals surface area contributed by atoms with Crippen molar-refractivity contribution in [2.75, 3.05) is 0 Å². The molecular weight excluding hydrogens is 280 g/mol. The first-order valence-electron chi connectivity index (χ1n) is 2.63. The molecule has 0 aliphatic rings. The van der Waals surface area contributed by atoms with Crippen LogP contribution in [0.4, 0.5) is 26.3 Å². The van der Waals surface area contributed by atoms with Gasteiger partial charge in [-0.05, 0) is 0 Å². The van der Waals surface area contributed by atoms with Crippen LogP contribution in [0.15, 0.2) is 0 Å². The Labute approximate surface area is 78.4 Å². The first-order chi connectivity index (χ1) is 6.21. The summed E-state index contributed by atoms with van der Waals surface area (Å²) in [6.45, 7) is 0. The zero-order chi connectivity index (χ0) is 12.7. The maximum atomic E-state index is 11.5. The summed E-state index contributed by atoms with van der Waals surface area (Å²) >= 11 is 0. The molecule has 5 nitrogen and oxygen atoms in total. The maximum Gasteiger partial charge on any atom is 0.513 e. The Morgan fingerprint density at radius 3 is 1.33 bits per heavy atom. The van der Waals surface area contributed by atoms with Gasteiger partial charge in [-0.15, -0.1) is 4.72 Å². The zero-order valence-electron chi connectivity index (χ0n) is 6.22. The second-order valence-electron chi connectivity index (χ2n) is 1.95. The number of hydrogen-bond donors (Lipinski definition) is 1. The summed E-state index contributed by atoms with van der Waals surface area (Å²) in [6.07, 6.45) is -5.81. The monoisotopic (exact) mass is 281 g/mol. The second kappa shape index (κ2) is 3.48. The molecular formula is C2HF6NO4S2. The van der Waals surface area contributed by atoms with E-state index >= 15 is 0 Å². The Bertz CT molecular complexity index is 427. The minimum absolute atomic E-state index is 0.593. The van der Waals surface area contributed by atoms with E-state index in [0.29, 0.717) is 0 Å². The second-order valence-corrected chi connectivity index (χ2v) is 7.07. The third-order valence-corrected chi connectivity index (χ3v) is 4.99. The van der Waals surface area contributed by atoms with Crippen molar-refractivity contribution >= 4 is 17.9 Å². The van der Waals surface area contributed by atoms with E-state index in [2.05, 4.69) is 0 Å². The highest BCUT2D eigenvalue weighted by Crippen LogP contribution is 2.28. The molecule has 0 heterocycles. The number of alkyl halides is 6. The van der Waals surface area contributed by atoms with Gasteiger partial charge in [0, 0.05) is 0 Å². The first-order valence-corrected chi connectivity index (χ1v) is 6.11. The first kappa shape index (κ1) is 14.4. The summed E-state index contributed by atoms with van der Waals surface area (Å²) in [6, 6.07) is 0. The highest BCUT2D eigenvalue weighted by molar-refractivity contribution is 8.66. The topological polar surface area (TPSA) is 80.3 Å². The van der Waals surface area contributed by atoms with Gasteiger partial charge in [0.2, 0.25) is 0 Å². The fraction of sp³-hybridized carbons (Fsp3) is 1.00. The summed E-state index contributed by atoms with van der Waals surface area (Å²) in [7, 11) is -13.6. The molecule has 0 fully saturated rings. The molecule has 0 saturated carbocycles. The highest BCUT2D eigenvalue weighted by Gasteiger charge is 2.57. The van der Waals surface area contributed by atoms with Crippen LogP contribution in [0, 0.1) is 0 Å².